The highest BCUT2D eigenvalue weighted by Crippen LogP contribution is 2.25. The minimum Gasteiger partial charge on any atom is -0.482 e. The van der Waals surface area contributed by atoms with E-state index in [9.17, 15) is 9.90 Å². The molecule has 0 bridgehead atoms. The molecule has 2 rings (SSSR count). The first kappa shape index (κ1) is 16.0. The van der Waals surface area contributed by atoms with E-state index in [1.54, 1.807) is 18.2 Å². The molecule has 0 aliphatic carbocycles. The SMILES string of the molecule is CN(Cc1cc(Cl)ccc1OCC(=O)O)C1COCC1O. The summed E-state index contributed by atoms with van der Waals surface area (Å²) in [5.41, 5.74) is 0.769. The number of aliphatic carboxylic acids is 1. The molecule has 6 nitrogen and oxygen atoms in total. The Morgan fingerprint density at radius 2 is 2.29 bits per heavy atom. The lowest BCUT2D eigenvalue weighted by Crippen LogP contribution is -2.40. The van der Waals surface area contributed by atoms with Gasteiger partial charge in [0.05, 0.1) is 25.4 Å². The van der Waals surface area contributed by atoms with E-state index in [0.29, 0.717) is 30.5 Å². The average Bonchev–Trinajstić information content (AvgIpc) is 2.84. The molecular weight excluding hydrogens is 298 g/mol. The summed E-state index contributed by atoms with van der Waals surface area (Å²) >= 11 is 5.99. The van der Waals surface area contributed by atoms with E-state index in [2.05, 4.69) is 0 Å². The quantitative estimate of drug-likeness (QED) is 0.815. The Hall–Kier alpha value is -1.34. The fraction of sp³-hybridized carbons (Fsp3) is 0.500. The fourth-order valence-electron chi connectivity index (χ4n) is 2.29. The van der Waals surface area contributed by atoms with Crippen molar-refractivity contribution in [3.63, 3.8) is 0 Å². The molecule has 1 aliphatic heterocycles. The Balaban J connectivity index is 2.09. The van der Waals surface area contributed by atoms with Crippen molar-refractivity contribution in [3.05, 3.63) is 28.8 Å². The molecule has 7 heteroatoms. The highest BCUT2D eigenvalue weighted by molar-refractivity contribution is 6.30. The Bertz CT molecular complexity index is 510. The molecule has 1 fully saturated rings. The van der Waals surface area contributed by atoms with Crippen LogP contribution in [0.1, 0.15) is 5.56 Å². The predicted molar refractivity (Wildman–Crippen MR) is 76.7 cm³/mol. The van der Waals surface area contributed by atoms with Gasteiger partial charge in [0.1, 0.15) is 5.75 Å². The molecule has 1 aromatic rings. The predicted octanol–water partition coefficient (Wildman–Crippen LogP) is 0.995. The molecule has 1 saturated heterocycles. The molecule has 1 aliphatic rings. The van der Waals surface area contributed by atoms with Crippen LogP contribution in [0.25, 0.3) is 0 Å². The fourth-order valence-corrected chi connectivity index (χ4v) is 2.49. The van der Waals surface area contributed by atoms with Gasteiger partial charge in [0.2, 0.25) is 0 Å². The van der Waals surface area contributed by atoms with Crippen molar-refractivity contribution in [2.45, 2.75) is 18.7 Å². The Labute approximate surface area is 127 Å². The average molecular weight is 316 g/mol. The first-order chi connectivity index (χ1) is 9.97. The number of benzene rings is 1. The number of ether oxygens (including phenoxy) is 2. The maximum atomic E-state index is 10.6. The van der Waals surface area contributed by atoms with E-state index in [0.717, 1.165) is 5.56 Å². The van der Waals surface area contributed by atoms with E-state index in [4.69, 9.17) is 26.2 Å². The molecule has 21 heavy (non-hydrogen) atoms. The minimum absolute atomic E-state index is 0.101. The van der Waals surface area contributed by atoms with Crippen LogP contribution in [0.4, 0.5) is 0 Å². The van der Waals surface area contributed by atoms with Crippen LogP contribution in [0.15, 0.2) is 18.2 Å². The number of likely N-dealkylation sites (N-methyl/N-ethyl adjacent to an activating group) is 1. The van der Waals surface area contributed by atoms with Crippen molar-refractivity contribution in [2.24, 2.45) is 0 Å². The van der Waals surface area contributed by atoms with Crippen molar-refractivity contribution in [2.75, 3.05) is 26.9 Å². The molecule has 2 unspecified atom stereocenters. The van der Waals surface area contributed by atoms with Crippen LogP contribution in [-0.4, -0.2) is 60.1 Å². The Morgan fingerprint density at radius 3 is 2.90 bits per heavy atom. The van der Waals surface area contributed by atoms with Crippen LogP contribution in [-0.2, 0) is 16.1 Å². The van der Waals surface area contributed by atoms with Crippen LogP contribution in [0.3, 0.4) is 0 Å². The van der Waals surface area contributed by atoms with Crippen LogP contribution in [0.2, 0.25) is 5.02 Å². The summed E-state index contributed by atoms with van der Waals surface area (Å²) in [6.45, 7) is 0.852. The van der Waals surface area contributed by atoms with Gasteiger partial charge in [-0.25, -0.2) is 4.79 Å². The number of hydrogen-bond donors (Lipinski definition) is 2. The molecule has 0 spiro atoms. The largest absolute Gasteiger partial charge is 0.482 e. The molecule has 0 saturated carbocycles. The van der Waals surface area contributed by atoms with Crippen molar-refractivity contribution in [1.82, 2.24) is 4.90 Å². The number of aliphatic hydroxyl groups excluding tert-OH is 1. The summed E-state index contributed by atoms with van der Waals surface area (Å²) in [6, 6.07) is 4.93. The number of nitrogens with zero attached hydrogens (tertiary/aromatic N) is 1. The number of halogens is 1. The van der Waals surface area contributed by atoms with E-state index < -0.39 is 18.7 Å². The molecule has 0 aromatic heterocycles. The molecule has 2 N–H and O–H groups in total. The van der Waals surface area contributed by atoms with Gasteiger partial charge in [-0.1, -0.05) is 11.6 Å². The normalized spacial score (nSPS) is 21.7. The molecule has 0 radical (unpaired) electrons. The van der Waals surface area contributed by atoms with Crippen LogP contribution in [0.5, 0.6) is 5.75 Å². The van der Waals surface area contributed by atoms with Gasteiger partial charge in [-0.15, -0.1) is 0 Å². The molecule has 1 heterocycles. The third-order valence-electron chi connectivity index (χ3n) is 3.38. The topological polar surface area (TPSA) is 79.2 Å². The van der Waals surface area contributed by atoms with Gasteiger partial charge in [-0.2, -0.15) is 0 Å². The Kier molecular flexibility index (Phi) is 5.41. The van der Waals surface area contributed by atoms with Crippen molar-refractivity contribution in [1.29, 1.82) is 0 Å². The van der Waals surface area contributed by atoms with Gasteiger partial charge in [-0.3, -0.25) is 4.90 Å². The van der Waals surface area contributed by atoms with Crippen molar-refractivity contribution >= 4 is 17.6 Å². The highest BCUT2D eigenvalue weighted by Gasteiger charge is 2.30. The number of aliphatic hydroxyl groups is 1. The van der Waals surface area contributed by atoms with Crippen molar-refractivity contribution in [3.8, 4) is 5.75 Å². The maximum absolute atomic E-state index is 10.6. The van der Waals surface area contributed by atoms with Gasteiger partial charge in [0.15, 0.2) is 6.61 Å². The summed E-state index contributed by atoms with van der Waals surface area (Å²) in [5.74, 6) is -0.564. The minimum atomic E-state index is -1.04. The number of hydrogen-bond acceptors (Lipinski definition) is 5. The lowest BCUT2D eigenvalue weighted by Gasteiger charge is -2.26. The van der Waals surface area contributed by atoms with E-state index in [1.165, 1.54) is 0 Å². The second kappa shape index (κ2) is 7.09. The summed E-state index contributed by atoms with van der Waals surface area (Å²) < 4.78 is 10.5. The van der Waals surface area contributed by atoms with Crippen molar-refractivity contribution < 1.29 is 24.5 Å². The van der Waals surface area contributed by atoms with E-state index in [-0.39, 0.29) is 6.04 Å². The zero-order chi connectivity index (χ0) is 15.4. The van der Waals surface area contributed by atoms with Gasteiger partial charge in [0, 0.05) is 17.1 Å². The lowest BCUT2D eigenvalue weighted by molar-refractivity contribution is -0.139. The van der Waals surface area contributed by atoms with E-state index in [1.807, 2.05) is 11.9 Å². The second-order valence-corrected chi connectivity index (χ2v) is 5.46. The zero-order valence-corrected chi connectivity index (χ0v) is 12.4. The highest BCUT2D eigenvalue weighted by atomic mass is 35.5. The van der Waals surface area contributed by atoms with Gasteiger partial charge in [0.25, 0.3) is 0 Å². The van der Waals surface area contributed by atoms with Crippen LogP contribution in [0, 0.1) is 0 Å². The van der Waals surface area contributed by atoms with E-state index >= 15 is 0 Å². The summed E-state index contributed by atoms with van der Waals surface area (Å²) in [6.07, 6.45) is -0.530. The van der Waals surface area contributed by atoms with Crippen LogP contribution < -0.4 is 4.74 Å². The lowest BCUT2D eigenvalue weighted by atomic mass is 10.1. The van der Waals surface area contributed by atoms with Gasteiger partial charge < -0.3 is 19.7 Å². The summed E-state index contributed by atoms with van der Waals surface area (Å²) in [7, 11) is 1.87. The molecular formula is C14H18ClNO5. The number of carbonyl (C=O) groups is 1. The monoisotopic (exact) mass is 315 g/mol. The Morgan fingerprint density at radius 1 is 1.52 bits per heavy atom. The van der Waals surface area contributed by atoms with Crippen LogP contribution >= 0.6 is 11.6 Å². The molecule has 1 aromatic carbocycles. The third-order valence-corrected chi connectivity index (χ3v) is 3.62. The zero-order valence-electron chi connectivity index (χ0n) is 11.7. The number of rotatable bonds is 6. The summed E-state index contributed by atoms with van der Waals surface area (Å²) in [4.78, 5) is 12.6. The first-order valence-electron chi connectivity index (χ1n) is 6.56. The second-order valence-electron chi connectivity index (χ2n) is 5.02. The molecule has 2 atom stereocenters. The molecule has 0 amide bonds. The first-order valence-corrected chi connectivity index (χ1v) is 6.94. The van der Waals surface area contributed by atoms with Gasteiger partial charge in [-0.05, 0) is 25.2 Å². The number of carboxylic acids is 1. The maximum Gasteiger partial charge on any atom is 0.341 e. The summed E-state index contributed by atoms with van der Waals surface area (Å²) in [5, 5.41) is 19.1. The van der Waals surface area contributed by atoms with Gasteiger partial charge >= 0.3 is 5.97 Å². The third kappa shape index (κ3) is 4.31. The smallest absolute Gasteiger partial charge is 0.341 e. The number of carboxylic acid groups (broad SMARTS) is 1. The standard InChI is InChI=1S/C14H18ClNO5/c1-16(11-6-20-7-12(11)17)5-9-4-10(15)2-3-13(9)21-8-14(18)19/h2-4,11-12,17H,5-8H2,1H3,(H,18,19). The molecule has 116 valence electrons.